The van der Waals surface area contributed by atoms with Gasteiger partial charge < -0.3 is 14.7 Å². The molecular weight excluding hydrogens is 522 g/mol. The fourth-order valence-electron chi connectivity index (χ4n) is 3.73. The zero-order chi connectivity index (χ0) is 24.7. The Hall–Kier alpha value is -4.02. The van der Waals surface area contributed by atoms with Crippen LogP contribution in [0.5, 0.6) is 5.75 Å². The zero-order valence-corrected chi connectivity index (χ0v) is 20.9. The van der Waals surface area contributed by atoms with Crippen molar-refractivity contribution in [3.63, 3.8) is 0 Å². The molecule has 0 aliphatic carbocycles. The zero-order valence-electron chi connectivity index (χ0n) is 19.3. The number of ether oxygens (including phenoxy) is 1. The Labute approximate surface area is 217 Å². The van der Waals surface area contributed by atoms with Crippen LogP contribution in [0.4, 0.5) is 29.2 Å². The lowest BCUT2D eigenvalue weighted by Gasteiger charge is -2.28. The number of halogens is 1. The normalized spacial score (nSPS) is 13.6. The number of benzene rings is 3. The Bertz CT molecular complexity index is 1290. The molecule has 182 valence electrons. The monoisotopic (exact) mass is 545 g/mol. The van der Waals surface area contributed by atoms with Crippen LogP contribution in [0.2, 0.25) is 0 Å². The Morgan fingerprint density at radius 1 is 0.917 bits per heavy atom. The van der Waals surface area contributed by atoms with Crippen LogP contribution in [0.3, 0.4) is 0 Å². The number of morpholine rings is 1. The predicted octanol–water partition coefficient (Wildman–Crippen LogP) is 5.09. The van der Waals surface area contributed by atoms with E-state index in [1.807, 2.05) is 65.6 Å². The van der Waals surface area contributed by atoms with Gasteiger partial charge in [-0.2, -0.15) is 20.1 Å². The lowest BCUT2D eigenvalue weighted by molar-refractivity contribution is 0.122. The predicted molar refractivity (Wildman–Crippen MR) is 145 cm³/mol. The first kappa shape index (κ1) is 23.7. The summed E-state index contributed by atoms with van der Waals surface area (Å²) in [6.45, 7) is 2.56. The molecule has 0 bridgehead atoms. The topological polar surface area (TPSA) is 99.0 Å². The molecule has 10 heteroatoms. The molecule has 0 saturated carbocycles. The largest absolute Gasteiger partial charge is 0.507 e. The van der Waals surface area contributed by atoms with Crippen LogP contribution >= 0.6 is 15.9 Å². The highest BCUT2D eigenvalue weighted by Crippen LogP contribution is 2.33. The maximum absolute atomic E-state index is 10.1. The van der Waals surface area contributed by atoms with Crippen LogP contribution in [0.25, 0.3) is 0 Å². The number of rotatable bonds is 7. The summed E-state index contributed by atoms with van der Waals surface area (Å²) in [5.41, 5.74) is 5.29. The minimum Gasteiger partial charge on any atom is -0.507 e. The van der Waals surface area contributed by atoms with Crippen LogP contribution in [-0.2, 0) is 4.74 Å². The van der Waals surface area contributed by atoms with Crippen molar-refractivity contribution in [1.82, 2.24) is 15.0 Å². The molecule has 1 saturated heterocycles. The van der Waals surface area contributed by atoms with Crippen molar-refractivity contribution in [2.24, 2.45) is 5.10 Å². The molecule has 0 radical (unpaired) electrons. The van der Waals surface area contributed by atoms with E-state index in [2.05, 4.69) is 36.3 Å². The van der Waals surface area contributed by atoms with Gasteiger partial charge in [0.25, 0.3) is 0 Å². The van der Waals surface area contributed by atoms with Crippen molar-refractivity contribution in [3.8, 4) is 5.75 Å². The standard InChI is InChI=1S/C26H24BrN7O2/c27-20-11-12-23(35)19(17-20)18-28-32-24-29-25(33-13-15-36-16-14-33)31-26(30-24)34(21-7-3-1-4-8-21)22-9-5-2-6-10-22/h1-12,17-18,35H,13-16H2,(H,29,30,31,32). The quantitative estimate of drug-likeness (QED) is 0.244. The molecule has 2 N–H and O–H groups in total. The van der Waals surface area contributed by atoms with E-state index in [-0.39, 0.29) is 11.7 Å². The van der Waals surface area contributed by atoms with E-state index < -0.39 is 0 Å². The Balaban J connectivity index is 1.54. The smallest absolute Gasteiger partial charge is 0.250 e. The van der Waals surface area contributed by atoms with Gasteiger partial charge in [-0.25, -0.2) is 5.43 Å². The average Bonchev–Trinajstić information content (AvgIpc) is 2.92. The molecule has 0 amide bonds. The number of nitrogens with one attached hydrogen (secondary N) is 1. The maximum atomic E-state index is 10.1. The van der Waals surface area contributed by atoms with E-state index in [9.17, 15) is 5.11 Å². The van der Waals surface area contributed by atoms with Gasteiger partial charge in [-0.1, -0.05) is 52.3 Å². The van der Waals surface area contributed by atoms with E-state index in [1.165, 1.54) is 6.21 Å². The highest BCUT2D eigenvalue weighted by Gasteiger charge is 2.21. The lowest BCUT2D eigenvalue weighted by Crippen LogP contribution is -2.37. The molecule has 1 aliphatic rings. The second-order valence-electron chi connectivity index (χ2n) is 7.94. The molecule has 1 aliphatic heterocycles. The first-order valence-corrected chi connectivity index (χ1v) is 12.2. The summed E-state index contributed by atoms with van der Waals surface area (Å²) in [5, 5.41) is 14.4. The van der Waals surface area contributed by atoms with E-state index in [0.717, 1.165) is 15.8 Å². The average molecular weight is 546 g/mol. The fourth-order valence-corrected chi connectivity index (χ4v) is 4.11. The molecule has 9 nitrogen and oxygen atoms in total. The lowest BCUT2D eigenvalue weighted by atomic mass is 10.2. The van der Waals surface area contributed by atoms with E-state index >= 15 is 0 Å². The van der Waals surface area contributed by atoms with Gasteiger partial charge in [-0.15, -0.1) is 0 Å². The van der Waals surface area contributed by atoms with E-state index in [1.54, 1.807) is 18.2 Å². The van der Waals surface area contributed by atoms with Gasteiger partial charge in [0, 0.05) is 34.5 Å². The number of hydrogen-bond donors (Lipinski definition) is 2. The fraction of sp³-hybridized carbons (Fsp3) is 0.154. The summed E-state index contributed by atoms with van der Waals surface area (Å²) in [5.74, 6) is 1.38. The van der Waals surface area contributed by atoms with Crippen molar-refractivity contribution in [3.05, 3.63) is 88.9 Å². The van der Waals surface area contributed by atoms with E-state index in [4.69, 9.17) is 14.7 Å². The summed E-state index contributed by atoms with van der Waals surface area (Å²) >= 11 is 3.41. The third-order valence-corrected chi connectivity index (χ3v) is 5.99. The second kappa shape index (κ2) is 11.1. The molecule has 1 aromatic heterocycles. The number of anilines is 5. The molecular formula is C26H24BrN7O2. The van der Waals surface area contributed by atoms with Gasteiger partial charge >= 0.3 is 0 Å². The Morgan fingerprint density at radius 3 is 2.25 bits per heavy atom. The molecule has 36 heavy (non-hydrogen) atoms. The SMILES string of the molecule is Oc1ccc(Br)cc1C=NNc1nc(N2CCOCC2)nc(N(c2ccccc2)c2ccccc2)n1. The number of phenolic OH excluding ortho intramolecular Hbond substituents is 1. The number of aromatic hydroxyl groups is 1. The van der Waals surface area contributed by atoms with Crippen LogP contribution in [0.1, 0.15) is 5.56 Å². The summed E-state index contributed by atoms with van der Waals surface area (Å²) in [6.07, 6.45) is 1.52. The van der Waals surface area contributed by atoms with Crippen molar-refractivity contribution in [2.75, 3.05) is 41.5 Å². The molecule has 5 rings (SSSR count). The van der Waals surface area contributed by atoms with Crippen molar-refractivity contribution in [1.29, 1.82) is 0 Å². The summed E-state index contributed by atoms with van der Waals surface area (Å²) in [6, 6.07) is 25.0. The summed E-state index contributed by atoms with van der Waals surface area (Å²) in [7, 11) is 0. The van der Waals surface area contributed by atoms with Crippen LogP contribution in [0.15, 0.2) is 88.4 Å². The number of aromatic nitrogens is 3. The first-order chi connectivity index (χ1) is 17.7. The van der Waals surface area contributed by atoms with Crippen molar-refractivity contribution in [2.45, 2.75) is 0 Å². The maximum Gasteiger partial charge on any atom is 0.250 e. The molecule has 1 fully saturated rings. The first-order valence-electron chi connectivity index (χ1n) is 11.4. The van der Waals surface area contributed by atoms with Gasteiger partial charge in [0.05, 0.1) is 19.4 Å². The molecule has 4 aromatic rings. The summed E-state index contributed by atoms with van der Waals surface area (Å²) < 4.78 is 6.35. The Morgan fingerprint density at radius 2 is 1.58 bits per heavy atom. The summed E-state index contributed by atoms with van der Waals surface area (Å²) in [4.78, 5) is 18.2. The van der Waals surface area contributed by atoms with Gasteiger partial charge in [0.1, 0.15) is 5.75 Å². The van der Waals surface area contributed by atoms with Gasteiger partial charge in [0.2, 0.25) is 17.8 Å². The van der Waals surface area contributed by atoms with Crippen LogP contribution < -0.4 is 15.2 Å². The van der Waals surface area contributed by atoms with Gasteiger partial charge in [-0.3, -0.25) is 4.90 Å². The van der Waals surface area contributed by atoms with Crippen LogP contribution in [0, 0.1) is 0 Å². The Kier molecular flexibility index (Phi) is 7.34. The van der Waals surface area contributed by atoms with Crippen molar-refractivity contribution >= 4 is 51.4 Å². The highest BCUT2D eigenvalue weighted by molar-refractivity contribution is 9.10. The number of hydrogen-bond acceptors (Lipinski definition) is 9. The van der Waals surface area contributed by atoms with Gasteiger partial charge in [0.15, 0.2) is 0 Å². The highest BCUT2D eigenvalue weighted by atomic mass is 79.9. The molecule has 0 spiro atoms. The third-order valence-electron chi connectivity index (χ3n) is 5.49. The van der Waals surface area contributed by atoms with Gasteiger partial charge in [-0.05, 0) is 42.5 Å². The minimum absolute atomic E-state index is 0.119. The number of nitrogens with zero attached hydrogens (tertiary/aromatic N) is 6. The van der Waals surface area contributed by atoms with E-state index in [0.29, 0.717) is 43.8 Å². The molecule has 0 atom stereocenters. The van der Waals surface area contributed by atoms with Crippen molar-refractivity contribution < 1.29 is 9.84 Å². The number of phenols is 1. The van der Waals surface area contributed by atoms with Crippen LogP contribution in [-0.4, -0.2) is 52.6 Å². The minimum atomic E-state index is 0.119. The molecule has 0 unspecified atom stereocenters. The number of hydrazone groups is 1. The molecule has 2 heterocycles. The number of para-hydroxylation sites is 2. The second-order valence-corrected chi connectivity index (χ2v) is 8.85. The third kappa shape index (κ3) is 5.61. The molecule has 3 aromatic carbocycles.